The molecule has 1 unspecified atom stereocenters. The Morgan fingerprint density at radius 3 is 3.00 bits per heavy atom. The highest BCUT2D eigenvalue weighted by Gasteiger charge is 2.22. The largest absolute Gasteiger partial charge is 0.381 e. The van der Waals surface area contributed by atoms with Crippen molar-refractivity contribution in [1.82, 2.24) is 10.3 Å². The summed E-state index contributed by atoms with van der Waals surface area (Å²) in [6.07, 6.45) is 1.13. The number of rotatable bonds is 4. The van der Waals surface area contributed by atoms with Crippen molar-refractivity contribution < 1.29 is 4.74 Å². The molecule has 1 saturated heterocycles. The zero-order valence-corrected chi connectivity index (χ0v) is 11.1. The number of nitrogens with zero attached hydrogens (tertiary/aromatic N) is 1. The van der Waals surface area contributed by atoms with Gasteiger partial charge in [-0.3, -0.25) is 0 Å². The predicted molar refractivity (Wildman–Crippen MR) is 67.0 cm³/mol. The van der Waals surface area contributed by atoms with Gasteiger partial charge in [-0.15, -0.1) is 11.3 Å². The Bertz CT molecular complexity index is 343. The van der Waals surface area contributed by atoms with Crippen molar-refractivity contribution in [3.05, 3.63) is 15.6 Å². The van der Waals surface area contributed by atoms with E-state index in [1.54, 1.807) is 0 Å². The van der Waals surface area contributed by atoms with Crippen molar-refractivity contribution in [3.63, 3.8) is 0 Å². The van der Waals surface area contributed by atoms with Crippen LogP contribution < -0.4 is 5.32 Å². The van der Waals surface area contributed by atoms with E-state index in [0.717, 1.165) is 26.2 Å². The van der Waals surface area contributed by atoms with Crippen LogP contribution in [0.1, 0.15) is 41.8 Å². The first-order valence-corrected chi connectivity index (χ1v) is 6.75. The molecule has 1 aliphatic rings. The zero-order valence-electron chi connectivity index (χ0n) is 10.2. The minimum atomic E-state index is 0.528. The molecule has 0 amide bonds. The van der Waals surface area contributed by atoms with Crippen LogP contribution in [-0.2, 0) is 11.3 Å². The first-order chi connectivity index (χ1) is 7.66. The van der Waals surface area contributed by atoms with E-state index in [1.807, 2.05) is 11.3 Å². The van der Waals surface area contributed by atoms with E-state index in [4.69, 9.17) is 4.74 Å². The molecule has 0 aromatic carbocycles. The van der Waals surface area contributed by atoms with E-state index in [9.17, 15) is 0 Å². The van der Waals surface area contributed by atoms with Crippen molar-refractivity contribution >= 4 is 11.3 Å². The molecular formula is C12H20N2OS. The molecule has 1 aliphatic heterocycles. The van der Waals surface area contributed by atoms with Crippen LogP contribution in [-0.4, -0.2) is 24.2 Å². The van der Waals surface area contributed by atoms with Crippen molar-refractivity contribution in [2.75, 3.05) is 13.2 Å². The molecule has 0 saturated carbocycles. The van der Waals surface area contributed by atoms with E-state index < -0.39 is 0 Å². The lowest BCUT2D eigenvalue weighted by Gasteiger charge is -2.06. The Kier molecular flexibility index (Phi) is 3.95. The Morgan fingerprint density at radius 1 is 1.56 bits per heavy atom. The average Bonchev–Trinajstić information content (AvgIpc) is 2.83. The molecule has 2 rings (SSSR count). The molecule has 1 aromatic heterocycles. The average molecular weight is 240 g/mol. The first-order valence-electron chi connectivity index (χ1n) is 5.94. The van der Waals surface area contributed by atoms with Gasteiger partial charge in [0.15, 0.2) is 0 Å². The van der Waals surface area contributed by atoms with Crippen LogP contribution in [0.3, 0.4) is 0 Å². The van der Waals surface area contributed by atoms with Crippen LogP contribution in [0.2, 0.25) is 0 Å². The second-order valence-electron chi connectivity index (χ2n) is 4.66. The Morgan fingerprint density at radius 2 is 2.38 bits per heavy atom. The van der Waals surface area contributed by atoms with Crippen molar-refractivity contribution in [2.24, 2.45) is 0 Å². The second-order valence-corrected chi connectivity index (χ2v) is 5.77. The fraction of sp³-hybridized carbons (Fsp3) is 0.750. The number of thiazole rings is 1. The van der Waals surface area contributed by atoms with Gasteiger partial charge in [0.2, 0.25) is 0 Å². The highest BCUT2D eigenvalue weighted by molar-refractivity contribution is 7.11. The van der Waals surface area contributed by atoms with Crippen molar-refractivity contribution in [2.45, 2.75) is 45.7 Å². The lowest BCUT2D eigenvalue weighted by atomic mass is 10.1. The molecule has 0 aliphatic carbocycles. The van der Waals surface area contributed by atoms with Gasteiger partial charge < -0.3 is 10.1 Å². The van der Waals surface area contributed by atoms with Gasteiger partial charge in [0.05, 0.1) is 17.3 Å². The summed E-state index contributed by atoms with van der Waals surface area (Å²) >= 11 is 1.85. The number of nitrogens with one attached hydrogen (secondary N) is 1. The highest BCUT2D eigenvalue weighted by Crippen LogP contribution is 2.30. The summed E-state index contributed by atoms with van der Waals surface area (Å²) in [6, 6.07) is 0.528. The fourth-order valence-electron chi connectivity index (χ4n) is 1.82. The molecule has 0 spiro atoms. The molecule has 4 heteroatoms. The van der Waals surface area contributed by atoms with Gasteiger partial charge in [-0.25, -0.2) is 4.98 Å². The summed E-state index contributed by atoms with van der Waals surface area (Å²) in [4.78, 5) is 6.04. The second kappa shape index (κ2) is 5.25. The van der Waals surface area contributed by atoms with Crippen LogP contribution in [0.4, 0.5) is 0 Å². The van der Waals surface area contributed by atoms with Gasteiger partial charge in [0.1, 0.15) is 0 Å². The molecule has 0 radical (unpaired) electrons. The molecular weight excluding hydrogens is 220 g/mol. The maximum atomic E-state index is 5.41. The third kappa shape index (κ3) is 2.81. The Hall–Kier alpha value is -0.450. The molecule has 1 aromatic rings. The van der Waals surface area contributed by atoms with E-state index in [0.29, 0.717) is 12.0 Å². The fourth-order valence-corrected chi connectivity index (χ4v) is 2.95. The highest BCUT2D eigenvalue weighted by atomic mass is 32.1. The van der Waals surface area contributed by atoms with Gasteiger partial charge in [0.25, 0.3) is 0 Å². The lowest BCUT2D eigenvalue weighted by molar-refractivity contribution is 0.194. The van der Waals surface area contributed by atoms with Crippen LogP contribution in [0.15, 0.2) is 0 Å². The minimum Gasteiger partial charge on any atom is -0.381 e. The third-order valence-electron chi connectivity index (χ3n) is 2.86. The summed E-state index contributed by atoms with van der Waals surface area (Å²) in [5.41, 5.74) is 1.18. The van der Waals surface area contributed by atoms with Gasteiger partial charge in [-0.05, 0) is 13.3 Å². The van der Waals surface area contributed by atoms with Crippen LogP contribution in [0.5, 0.6) is 0 Å². The molecule has 2 heterocycles. The van der Waals surface area contributed by atoms with Gasteiger partial charge in [0, 0.05) is 30.0 Å². The molecule has 16 heavy (non-hydrogen) atoms. The Labute approximate surface area is 101 Å². The lowest BCUT2D eigenvalue weighted by Crippen LogP contribution is -2.21. The normalized spacial score (nSPS) is 20.9. The maximum Gasteiger partial charge on any atom is 0.0986 e. The van der Waals surface area contributed by atoms with Crippen molar-refractivity contribution in [1.29, 1.82) is 0 Å². The monoisotopic (exact) mass is 240 g/mol. The quantitative estimate of drug-likeness (QED) is 0.878. The summed E-state index contributed by atoms with van der Waals surface area (Å²) in [6.45, 7) is 9.12. The molecule has 1 fully saturated rings. The molecule has 0 bridgehead atoms. The first kappa shape index (κ1) is 12.0. The minimum absolute atomic E-state index is 0.528. The molecule has 1 N–H and O–H groups in total. The number of aromatic nitrogens is 1. The van der Waals surface area contributed by atoms with Gasteiger partial charge in [-0.1, -0.05) is 13.8 Å². The predicted octanol–water partition coefficient (Wildman–Crippen LogP) is 2.45. The van der Waals surface area contributed by atoms with E-state index >= 15 is 0 Å². The smallest absolute Gasteiger partial charge is 0.0986 e. The summed E-state index contributed by atoms with van der Waals surface area (Å²) < 4.78 is 5.41. The summed E-state index contributed by atoms with van der Waals surface area (Å²) in [5.74, 6) is 0.538. The SMILES string of the molecule is Cc1nc(C2CCOC2)sc1CNC(C)C. The Balaban J connectivity index is 2.02. The summed E-state index contributed by atoms with van der Waals surface area (Å²) in [5, 5.41) is 4.71. The standard InChI is InChI=1S/C12H20N2OS/c1-8(2)13-6-11-9(3)14-12(16-11)10-4-5-15-7-10/h8,10,13H,4-7H2,1-3H3. The summed E-state index contributed by atoms with van der Waals surface area (Å²) in [7, 11) is 0. The number of hydrogen-bond acceptors (Lipinski definition) is 4. The van der Waals surface area contributed by atoms with Crippen molar-refractivity contribution in [3.8, 4) is 0 Å². The van der Waals surface area contributed by atoms with Crippen LogP contribution in [0.25, 0.3) is 0 Å². The number of ether oxygens (including phenoxy) is 1. The topological polar surface area (TPSA) is 34.1 Å². The van der Waals surface area contributed by atoms with E-state index in [1.165, 1.54) is 15.6 Å². The number of hydrogen-bond donors (Lipinski definition) is 1. The van der Waals surface area contributed by atoms with Crippen LogP contribution >= 0.6 is 11.3 Å². The molecule has 3 nitrogen and oxygen atoms in total. The van der Waals surface area contributed by atoms with E-state index in [-0.39, 0.29) is 0 Å². The van der Waals surface area contributed by atoms with Crippen LogP contribution in [0, 0.1) is 6.92 Å². The van der Waals surface area contributed by atoms with Gasteiger partial charge in [-0.2, -0.15) is 0 Å². The number of aryl methyl sites for hydroxylation is 1. The third-order valence-corrected chi connectivity index (χ3v) is 4.18. The van der Waals surface area contributed by atoms with E-state index in [2.05, 4.69) is 31.1 Å². The maximum absolute atomic E-state index is 5.41. The molecule has 1 atom stereocenters. The van der Waals surface area contributed by atoms with Gasteiger partial charge >= 0.3 is 0 Å². The zero-order chi connectivity index (χ0) is 11.5. The molecule has 90 valence electrons.